The number of carbonyl (C=O) groups is 2. The van der Waals surface area contributed by atoms with E-state index in [9.17, 15) is 9.59 Å². The lowest BCUT2D eigenvalue weighted by atomic mass is 10.2. The second-order valence-corrected chi connectivity index (χ2v) is 5.62. The molecule has 0 radical (unpaired) electrons. The van der Waals surface area contributed by atoms with Crippen molar-refractivity contribution < 1.29 is 19.1 Å². The standard InChI is InChI=1S/C19H18N4O4/c1-13-21-9-10-23(13)11-12-26-19(25)15-6-4-8-22-18(15)27-16-7-3-2-5-14(16)17(20)24/h2-10H,11-12H2,1H3,(H2,20,24). The molecule has 8 nitrogen and oxygen atoms in total. The van der Waals surface area contributed by atoms with Crippen LogP contribution in [-0.2, 0) is 11.3 Å². The Morgan fingerprint density at radius 1 is 1.07 bits per heavy atom. The van der Waals surface area contributed by atoms with Crippen molar-refractivity contribution in [2.24, 2.45) is 5.73 Å². The molecule has 3 aromatic rings. The lowest BCUT2D eigenvalue weighted by Gasteiger charge is -2.12. The number of carbonyl (C=O) groups excluding carboxylic acids is 2. The Hall–Kier alpha value is -3.68. The molecule has 2 N–H and O–H groups in total. The summed E-state index contributed by atoms with van der Waals surface area (Å²) in [5, 5.41) is 0. The molecule has 2 heterocycles. The van der Waals surface area contributed by atoms with Crippen molar-refractivity contribution in [3.63, 3.8) is 0 Å². The minimum Gasteiger partial charge on any atom is -0.460 e. The van der Waals surface area contributed by atoms with Gasteiger partial charge in [0.1, 0.15) is 23.7 Å². The first-order chi connectivity index (χ1) is 13.1. The average molecular weight is 366 g/mol. The highest BCUT2D eigenvalue weighted by molar-refractivity contribution is 5.96. The van der Waals surface area contributed by atoms with Crippen molar-refractivity contribution in [3.8, 4) is 11.6 Å². The Labute approximate surface area is 155 Å². The van der Waals surface area contributed by atoms with E-state index in [2.05, 4.69) is 9.97 Å². The van der Waals surface area contributed by atoms with Gasteiger partial charge in [-0.15, -0.1) is 0 Å². The van der Waals surface area contributed by atoms with Gasteiger partial charge < -0.3 is 19.8 Å². The number of esters is 1. The van der Waals surface area contributed by atoms with E-state index < -0.39 is 11.9 Å². The summed E-state index contributed by atoms with van der Waals surface area (Å²) in [7, 11) is 0. The minimum atomic E-state index is -0.638. The van der Waals surface area contributed by atoms with Crippen LogP contribution in [0.5, 0.6) is 11.6 Å². The molecule has 1 aromatic carbocycles. The SMILES string of the molecule is Cc1nccn1CCOC(=O)c1cccnc1Oc1ccccc1C(N)=O. The smallest absolute Gasteiger partial charge is 0.343 e. The van der Waals surface area contributed by atoms with E-state index in [1.54, 1.807) is 36.5 Å². The fourth-order valence-electron chi connectivity index (χ4n) is 2.45. The maximum Gasteiger partial charge on any atom is 0.343 e. The van der Waals surface area contributed by atoms with Gasteiger partial charge in [0.25, 0.3) is 5.91 Å². The van der Waals surface area contributed by atoms with Crippen LogP contribution in [0, 0.1) is 6.92 Å². The number of aromatic nitrogens is 3. The molecule has 0 aliphatic rings. The monoisotopic (exact) mass is 366 g/mol. The van der Waals surface area contributed by atoms with Crippen molar-refractivity contribution in [2.45, 2.75) is 13.5 Å². The summed E-state index contributed by atoms with van der Waals surface area (Å²) in [6.07, 6.45) is 4.97. The van der Waals surface area contributed by atoms with Crippen LogP contribution in [0.2, 0.25) is 0 Å². The van der Waals surface area contributed by atoms with Gasteiger partial charge in [-0.3, -0.25) is 4.79 Å². The first-order valence-electron chi connectivity index (χ1n) is 8.23. The Balaban J connectivity index is 1.73. The Kier molecular flexibility index (Phi) is 5.46. The highest BCUT2D eigenvalue weighted by Gasteiger charge is 2.18. The van der Waals surface area contributed by atoms with Crippen LogP contribution in [0.3, 0.4) is 0 Å². The van der Waals surface area contributed by atoms with Gasteiger partial charge >= 0.3 is 5.97 Å². The number of primary amides is 1. The molecule has 0 saturated carbocycles. The normalized spacial score (nSPS) is 10.4. The lowest BCUT2D eigenvalue weighted by molar-refractivity contribution is 0.0487. The zero-order valence-electron chi connectivity index (χ0n) is 14.7. The molecular formula is C19H18N4O4. The number of nitrogens with two attached hydrogens (primary N) is 1. The van der Waals surface area contributed by atoms with Crippen molar-refractivity contribution in [1.82, 2.24) is 14.5 Å². The third kappa shape index (κ3) is 4.30. The van der Waals surface area contributed by atoms with E-state index in [4.69, 9.17) is 15.2 Å². The highest BCUT2D eigenvalue weighted by Crippen LogP contribution is 2.26. The fraction of sp³-hybridized carbons (Fsp3) is 0.158. The van der Waals surface area contributed by atoms with Crippen LogP contribution in [0.25, 0.3) is 0 Å². The molecule has 2 aromatic heterocycles. The summed E-state index contributed by atoms with van der Waals surface area (Å²) in [4.78, 5) is 32.2. The Bertz CT molecular complexity index is 968. The Morgan fingerprint density at radius 3 is 2.59 bits per heavy atom. The van der Waals surface area contributed by atoms with Crippen LogP contribution in [0.1, 0.15) is 26.5 Å². The number of para-hydroxylation sites is 1. The number of ether oxygens (including phenoxy) is 2. The molecule has 8 heteroatoms. The van der Waals surface area contributed by atoms with Crippen molar-refractivity contribution in [2.75, 3.05) is 6.61 Å². The summed E-state index contributed by atoms with van der Waals surface area (Å²) in [5.41, 5.74) is 5.70. The van der Waals surface area contributed by atoms with Crippen molar-refractivity contribution in [1.29, 1.82) is 0 Å². The fourth-order valence-corrected chi connectivity index (χ4v) is 2.45. The van der Waals surface area contributed by atoms with E-state index >= 15 is 0 Å². The number of imidazole rings is 1. The second-order valence-electron chi connectivity index (χ2n) is 5.62. The predicted molar refractivity (Wildman–Crippen MR) is 96.5 cm³/mol. The molecule has 0 aliphatic heterocycles. The summed E-state index contributed by atoms with van der Waals surface area (Å²) in [6.45, 7) is 2.52. The molecule has 0 spiro atoms. The van der Waals surface area contributed by atoms with E-state index in [1.165, 1.54) is 12.3 Å². The molecule has 0 unspecified atom stereocenters. The summed E-state index contributed by atoms with van der Waals surface area (Å²) in [5.74, 6) is -0.130. The van der Waals surface area contributed by atoms with Gasteiger partial charge in [-0.25, -0.2) is 14.8 Å². The van der Waals surface area contributed by atoms with Crippen LogP contribution in [0.4, 0.5) is 0 Å². The first kappa shape index (κ1) is 18.1. The number of amides is 1. The number of pyridine rings is 1. The van der Waals surface area contributed by atoms with Gasteiger partial charge in [-0.1, -0.05) is 12.1 Å². The average Bonchev–Trinajstić information content (AvgIpc) is 3.07. The molecule has 138 valence electrons. The summed E-state index contributed by atoms with van der Waals surface area (Å²) < 4.78 is 12.9. The number of hydrogen-bond donors (Lipinski definition) is 1. The van der Waals surface area contributed by atoms with E-state index in [0.717, 1.165) is 5.82 Å². The number of aryl methyl sites for hydroxylation is 1. The van der Waals surface area contributed by atoms with Crippen LogP contribution in [0.15, 0.2) is 55.0 Å². The third-order valence-corrected chi connectivity index (χ3v) is 3.84. The number of rotatable bonds is 7. The van der Waals surface area contributed by atoms with E-state index in [-0.39, 0.29) is 29.4 Å². The number of benzene rings is 1. The van der Waals surface area contributed by atoms with Crippen molar-refractivity contribution in [3.05, 3.63) is 71.9 Å². The molecule has 0 atom stereocenters. The van der Waals surface area contributed by atoms with Gasteiger partial charge in [0, 0.05) is 18.6 Å². The summed E-state index contributed by atoms with van der Waals surface area (Å²) >= 11 is 0. The van der Waals surface area contributed by atoms with Crippen LogP contribution in [-0.4, -0.2) is 33.0 Å². The summed E-state index contributed by atoms with van der Waals surface area (Å²) in [6, 6.07) is 9.61. The van der Waals surface area contributed by atoms with Crippen LogP contribution >= 0.6 is 0 Å². The largest absolute Gasteiger partial charge is 0.460 e. The molecule has 0 saturated heterocycles. The van der Waals surface area contributed by atoms with Gasteiger partial charge in [0.2, 0.25) is 5.88 Å². The quantitative estimate of drug-likeness (QED) is 0.643. The van der Waals surface area contributed by atoms with Gasteiger partial charge in [-0.05, 0) is 31.2 Å². The van der Waals surface area contributed by atoms with Crippen LogP contribution < -0.4 is 10.5 Å². The zero-order chi connectivity index (χ0) is 19.2. The maximum atomic E-state index is 12.4. The third-order valence-electron chi connectivity index (χ3n) is 3.84. The lowest BCUT2D eigenvalue weighted by Crippen LogP contribution is -2.14. The van der Waals surface area contributed by atoms with E-state index in [0.29, 0.717) is 6.54 Å². The molecule has 1 amide bonds. The van der Waals surface area contributed by atoms with E-state index in [1.807, 2.05) is 17.7 Å². The second kappa shape index (κ2) is 8.13. The molecular weight excluding hydrogens is 348 g/mol. The number of hydrogen-bond acceptors (Lipinski definition) is 6. The predicted octanol–water partition coefficient (Wildman–Crippen LogP) is 2.33. The topological polar surface area (TPSA) is 109 Å². The van der Waals surface area contributed by atoms with Crippen molar-refractivity contribution >= 4 is 11.9 Å². The molecule has 27 heavy (non-hydrogen) atoms. The van der Waals surface area contributed by atoms with Gasteiger partial charge in [-0.2, -0.15) is 0 Å². The zero-order valence-corrected chi connectivity index (χ0v) is 14.7. The number of nitrogens with zero attached hydrogens (tertiary/aromatic N) is 3. The van der Waals surface area contributed by atoms with Gasteiger partial charge in [0.05, 0.1) is 12.1 Å². The molecule has 3 rings (SSSR count). The molecule has 0 aliphatic carbocycles. The van der Waals surface area contributed by atoms with Gasteiger partial charge in [0.15, 0.2) is 0 Å². The maximum absolute atomic E-state index is 12.4. The molecule has 0 fully saturated rings. The first-order valence-corrected chi connectivity index (χ1v) is 8.23. The Morgan fingerprint density at radius 2 is 1.85 bits per heavy atom. The molecule has 0 bridgehead atoms. The minimum absolute atomic E-state index is 0.0370. The highest BCUT2D eigenvalue weighted by atomic mass is 16.5.